The summed E-state index contributed by atoms with van der Waals surface area (Å²) in [6.45, 7) is 2.46. The van der Waals surface area contributed by atoms with Crippen molar-refractivity contribution in [1.29, 1.82) is 0 Å². The Balaban J connectivity index is 2.58. The summed E-state index contributed by atoms with van der Waals surface area (Å²) in [5.74, 6) is -0.794. The molecule has 0 bridgehead atoms. The van der Waals surface area contributed by atoms with Crippen LogP contribution in [0.3, 0.4) is 0 Å². The van der Waals surface area contributed by atoms with Crippen LogP contribution in [0.5, 0.6) is 0 Å². The molecule has 1 fully saturated rings. The molecule has 14 heavy (non-hydrogen) atoms. The highest BCUT2D eigenvalue weighted by Crippen LogP contribution is 2.04. The van der Waals surface area contributed by atoms with Gasteiger partial charge in [0.15, 0.2) is 0 Å². The SMILES string of the molecule is CN1CCCN(CCCN)C(=O)C1=O. The lowest BCUT2D eigenvalue weighted by atomic mass is 10.3. The molecule has 1 heterocycles. The molecule has 0 aromatic carbocycles. The van der Waals surface area contributed by atoms with Crippen LogP contribution in [-0.2, 0) is 9.59 Å². The van der Waals surface area contributed by atoms with Crippen LogP contribution in [0, 0.1) is 0 Å². The fraction of sp³-hybridized carbons (Fsp3) is 0.778. The molecule has 1 aliphatic heterocycles. The Hall–Kier alpha value is -1.10. The van der Waals surface area contributed by atoms with E-state index in [2.05, 4.69) is 0 Å². The van der Waals surface area contributed by atoms with Gasteiger partial charge in [0.05, 0.1) is 0 Å². The third-order valence-corrected chi connectivity index (χ3v) is 2.37. The molecule has 0 spiro atoms. The van der Waals surface area contributed by atoms with Crippen molar-refractivity contribution in [3.63, 3.8) is 0 Å². The normalized spacial score (nSPS) is 18.7. The van der Waals surface area contributed by atoms with Crippen LogP contribution in [0.15, 0.2) is 0 Å². The lowest BCUT2D eigenvalue weighted by Crippen LogP contribution is -2.41. The molecule has 2 amide bonds. The van der Waals surface area contributed by atoms with Gasteiger partial charge in [0.1, 0.15) is 0 Å². The van der Waals surface area contributed by atoms with E-state index in [9.17, 15) is 9.59 Å². The monoisotopic (exact) mass is 199 g/mol. The molecular formula is C9H17N3O2. The summed E-state index contributed by atoms with van der Waals surface area (Å²) in [6, 6.07) is 0. The molecule has 1 saturated heterocycles. The van der Waals surface area contributed by atoms with E-state index in [4.69, 9.17) is 5.73 Å². The summed E-state index contributed by atoms with van der Waals surface area (Å²) in [5.41, 5.74) is 5.36. The molecule has 5 nitrogen and oxygen atoms in total. The molecule has 0 unspecified atom stereocenters. The van der Waals surface area contributed by atoms with Gasteiger partial charge < -0.3 is 15.5 Å². The second kappa shape index (κ2) is 4.95. The standard InChI is InChI=1S/C9H17N3O2/c1-11-5-3-7-12(6-2-4-10)9(14)8(11)13/h2-7,10H2,1H3. The smallest absolute Gasteiger partial charge is 0.312 e. The van der Waals surface area contributed by atoms with E-state index in [1.54, 1.807) is 11.9 Å². The minimum atomic E-state index is -0.403. The number of rotatable bonds is 3. The van der Waals surface area contributed by atoms with Gasteiger partial charge in [0.25, 0.3) is 0 Å². The number of nitrogens with zero attached hydrogens (tertiary/aromatic N) is 2. The first kappa shape index (κ1) is 11.0. The van der Waals surface area contributed by atoms with Crippen molar-refractivity contribution < 1.29 is 9.59 Å². The van der Waals surface area contributed by atoms with Crippen molar-refractivity contribution >= 4 is 11.8 Å². The first-order chi connectivity index (χ1) is 6.66. The van der Waals surface area contributed by atoms with E-state index in [-0.39, 0.29) is 0 Å². The molecule has 0 saturated carbocycles. The molecule has 0 aliphatic carbocycles. The zero-order valence-electron chi connectivity index (χ0n) is 8.53. The highest BCUT2D eigenvalue weighted by molar-refractivity contribution is 6.34. The van der Waals surface area contributed by atoms with E-state index in [0.29, 0.717) is 26.2 Å². The second-order valence-electron chi connectivity index (χ2n) is 3.51. The Labute approximate surface area is 83.8 Å². The Kier molecular flexibility index (Phi) is 3.88. The first-order valence-electron chi connectivity index (χ1n) is 4.91. The van der Waals surface area contributed by atoms with Crippen LogP contribution in [0.25, 0.3) is 0 Å². The van der Waals surface area contributed by atoms with Crippen LogP contribution in [0.4, 0.5) is 0 Å². The zero-order valence-corrected chi connectivity index (χ0v) is 8.53. The second-order valence-corrected chi connectivity index (χ2v) is 3.51. The van der Waals surface area contributed by atoms with E-state index in [1.165, 1.54) is 4.90 Å². The highest BCUT2D eigenvalue weighted by Gasteiger charge is 2.27. The van der Waals surface area contributed by atoms with Crippen molar-refractivity contribution in [1.82, 2.24) is 9.80 Å². The maximum Gasteiger partial charge on any atom is 0.312 e. The van der Waals surface area contributed by atoms with E-state index < -0.39 is 11.8 Å². The van der Waals surface area contributed by atoms with E-state index in [1.807, 2.05) is 0 Å². The van der Waals surface area contributed by atoms with Gasteiger partial charge in [-0.05, 0) is 19.4 Å². The van der Waals surface area contributed by atoms with Gasteiger partial charge in [0, 0.05) is 26.7 Å². The highest BCUT2D eigenvalue weighted by atomic mass is 16.2. The number of nitrogens with two attached hydrogens (primary N) is 1. The largest absolute Gasteiger partial charge is 0.337 e. The van der Waals surface area contributed by atoms with Crippen LogP contribution < -0.4 is 5.73 Å². The average molecular weight is 199 g/mol. The van der Waals surface area contributed by atoms with Gasteiger partial charge in [-0.15, -0.1) is 0 Å². The van der Waals surface area contributed by atoms with Gasteiger partial charge in [-0.2, -0.15) is 0 Å². The fourth-order valence-electron chi connectivity index (χ4n) is 1.50. The van der Waals surface area contributed by atoms with Gasteiger partial charge in [-0.1, -0.05) is 0 Å². The average Bonchev–Trinajstić information content (AvgIpc) is 2.30. The van der Waals surface area contributed by atoms with Gasteiger partial charge >= 0.3 is 11.8 Å². The fourth-order valence-corrected chi connectivity index (χ4v) is 1.50. The molecule has 0 radical (unpaired) electrons. The molecule has 2 N–H and O–H groups in total. The maximum absolute atomic E-state index is 11.6. The number of hydrogen-bond acceptors (Lipinski definition) is 3. The third kappa shape index (κ3) is 2.45. The quantitative estimate of drug-likeness (QED) is 0.594. The Bertz CT molecular complexity index is 228. The summed E-state index contributed by atoms with van der Waals surface area (Å²) in [6.07, 6.45) is 1.60. The topological polar surface area (TPSA) is 66.6 Å². The molecule has 5 heteroatoms. The van der Waals surface area contributed by atoms with Crippen molar-refractivity contribution in [2.45, 2.75) is 12.8 Å². The van der Waals surface area contributed by atoms with Crippen molar-refractivity contribution in [3.8, 4) is 0 Å². The minimum absolute atomic E-state index is 0.390. The number of hydrogen-bond donors (Lipinski definition) is 1. The predicted octanol–water partition coefficient (Wildman–Crippen LogP) is -0.974. The first-order valence-corrected chi connectivity index (χ1v) is 4.91. The zero-order chi connectivity index (χ0) is 10.6. The summed E-state index contributed by atoms with van der Waals surface area (Å²) in [7, 11) is 1.66. The van der Waals surface area contributed by atoms with Crippen LogP contribution in [-0.4, -0.2) is 54.8 Å². The summed E-state index contributed by atoms with van der Waals surface area (Å²) < 4.78 is 0. The van der Waals surface area contributed by atoms with Crippen LogP contribution in [0.2, 0.25) is 0 Å². The summed E-state index contributed by atoms with van der Waals surface area (Å²) >= 11 is 0. The number of likely N-dealkylation sites (N-methyl/N-ethyl adjacent to an activating group) is 1. The molecule has 1 aliphatic rings. The molecule has 80 valence electrons. The van der Waals surface area contributed by atoms with Gasteiger partial charge in [0.2, 0.25) is 0 Å². The number of carbonyl (C=O) groups excluding carboxylic acids is 2. The van der Waals surface area contributed by atoms with Crippen LogP contribution in [0.1, 0.15) is 12.8 Å². The van der Waals surface area contributed by atoms with Crippen molar-refractivity contribution in [2.75, 3.05) is 33.2 Å². The molecule has 0 aromatic heterocycles. The molecule has 0 aromatic rings. The maximum atomic E-state index is 11.6. The van der Waals surface area contributed by atoms with E-state index in [0.717, 1.165) is 12.8 Å². The molecule has 1 rings (SSSR count). The molecule has 0 atom stereocenters. The van der Waals surface area contributed by atoms with Gasteiger partial charge in [-0.3, -0.25) is 9.59 Å². The van der Waals surface area contributed by atoms with Gasteiger partial charge in [-0.25, -0.2) is 0 Å². The Morgan fingerprint density at radius 3 is 2.64 bits per heavy atom. The summed E-state index contributed by atoms with van der Waals surface area (Å²) in [4.78, 5) is 26.1. The lowest BCUT2D eigenvalue weighted by molar-refractivity contribution is -0.149. The third-order valence-electron chi connectivity index (χ3n) is 2.37. The summed E-state index contributed by atoms with van der Waals surface area (Å²) in [5, 5.41) is 0. The van der Waals surface area contributed by atoms with Crippen molar-refractivity contribution in [3.05, 3.63) is 0 Å². The Morgan fingerprint density at radius 2 is 2.00 bits per heavy atom. The number of amides is 2. The number of carbonyl (C=O) groups is 2. The van der Waals surface area contributed by atoms with E-state index >= 15 is 0 Å². The lowest BCUT2D eigenvalue weighted by Gasteiger charge is -2.18. The molecular weight excluding hydrogens is 182 g/mol. The van der Waals surface area contributed by atoms with Crippen molar-refractivity contribution in [2.24, 2.45) is 5.73 Å². The van der Waals surface area contributed by atoms with Crippen LogP contribution >= 0.6 is 0 Å². The Morgan fingerprint density at radius 1 is 1.29 bits per heavy atom. The predicted molar refractivity (Wildman–Crippen MR) is 52.5 cm³/mol. The minimum Gasteiger partial charge on any atom is -0.337 e.